The fourth-order valence-electron chi connectivity index (χ4n) is 2.65. The maximum absolute atomic E-state index is 9.05. The summed E-state index contributed by atoms with van der Waals surface area (Å²) in [5, 5.41) is 21.2. The third-order valence-corrected chi connectivity index (χ3v) is 3.72. The van der Waals surface area contributed by atoms with Crippen LogP contribution in [0.15, 0.2) is 23.4 Å². The van der Waals surface area contributed by atoms with Gasteiger partial charge in [0.25, 0.3) is 0 Å². The third-order valence-electron chi connectivity index (χ3n) is 3.72. The van der Waals surface area contributed by atoms with Gasteiger partial charge >= 0.3 is 0 Å². The topological polar surface area (TPSA) is 62.0 Å². The van der Waals surface area contributed by atoms with E-state index in [-0.39, 0.29) is 6.61 Å². The van der Waals surface area contributed by atoms with Crippen molar-refractivity contribution in [3.05, 3.63) is 29.3 Å². The van der Waals surface area contributed by atoms with Crippen molar-refractivity contribution in [2.75, 3.05) is 13.2 Å². The molecule has 20 heavy (non-hydrogen) atoms. The van der Waals surface area contributed by atoms with Crippen LogP contribution in [0.25, 0.3) is 0 Å². The number of unbranched alkanes of at least 4 members (excludes halogenated alkanes) is 3. The summed E-state index contributed by atoms with van der Waals surface area (Å²) in [6.45, 7) is 0.976. The van der Waals surface area contributed by atoms with E-state index >= 15 is 0 Å². The minimum atomic E-state index is 0.274. The van der Waals surface area contributed by atoms with Gasteiger partial charge in [0, 0.05) is 17.7 Å². The molecule has 0 spiro atoms. The molecule has 0 heterocycles. The van der Waals surface area contributed by atoms with E-state index in [9.17, 15) is 0 Å². The fraction of sp³-hybridized carbons (Fsp3) is 0.562. The molecule has 0 unspecified atom stereocenters. The average molecular weight is 277 g/mol. The van der Waals surface area contributed by atoms with E-state index in [4.69, 9.17) is 15.1 Å². The Morgan fingerprint density at radius 1 is 1.10 bits per heavy atom. The van der Waals surface area contributed by atoms with Gasteiger partial charge in [0.05, 0.1) is 12.3 Å². The first-order valence-electron chi connectivity index (χ1n) is 7.43. The first-order chi connectivity index (χ1) is 9.86. The molecular weight excluding hydrogens is 254 g/mol. The lowest BCUT2D eigenvalue weighted by molar-refractivity contribution is 0.272. The number of aliphatic hydroxyl groups is 1. The Balaban J connectivity index is 1.92. The zero-order valence-electron chi connectivity index (χ0n) is 11.8. The van der Waals surface area contributed by atoms with Crippen molar-refractivity contribution >= 4 is 5.71 Å². The molecule has 4 nitrogen and oxygen atoms in total. The van der Waals surface area contributed by atoms with Gasteiger partial charge in [0.15, 0.2) is 0 Å². The van der Waals surface area contributed by atoms with Crippen LogP contribution in [-0.4, -0.2) is 29.2 Å². The molecule has 0 fully saturated rings. The van der Waals surface area contributed by atoms with Crippen LogP contribution >= 0.6 is 0 Å². The predicted octanol–water partition coefficient (Wildman–Crippen LogP) is 3.13. The van der Waals surface area contributed by atoms with Crippen molar-refractivity contribution in [3.63, 3.8) is 0 Å². The number of benzene rings is 1. The van der Waals surface area contributed by atoms with Gasteiger partial charge in [0.1, 0.15) is 5.75 Å². The third kappa shape index (κ3) is 3.73. The van der Waals surface area contributed by atoms with Crippen LogP contribution in [0.1, 0.15) is 49.7 Å². The molecule has 0 saturated carbocycles. The van der Waals surface area contributed by atoms with E-state index < -0.39 is 0 Å². The molecule has 1 aromatic rings. The summed E-state index contributed by atoms with van der Waals surface area (Å²) < 4.78 is 5.88. The average Bonchev–Trinajstić information content (AvgIpc) is 2.50. The van der Waals surface area contributed by atoms with E-state index in [1.54, 1.807) is 0 Å². The number of oxime groups is 1. The molecule has 1 aromatic carbocycles. The van der Waals surface area contributed by atoms with E-state index in [1.807, 2.05) is 18.2 Å². The highest BCUT2D eigenvalue weighted by atomic mass is 16.5. The smallest absolute Gasteiger partial charge is 0.123 e. The normalized spacial score (nSPS) is 16.1. The molecule has 2 rings (SSSR count). The van der Waals surface area contributed by atoms with E-state index in [0.29, 0.717) is 6.61 Å². The molecular formula is C16H23NO3. The highest BCUT2D eigenvalue weighted by Gasteiger charge is 2.19. The number of aliphatic hydroxyl groups excluding tert-OH is 1. The summed E-state index contributed by atoms with van der Waals surface area (Å²) in [6.07, 6.45) is 6.82. The number of nitrogens with zero attached hydrogens (tertiary/aromatic N) is 1. The number of hydrogen-bond acceptors (Lipinski definition) is 4. The maximum atomic E-state index is 9.05. The molecule has 0 bridgehead atoms. The van der Waals surface area contributed by atoms with Gasteiger partial charge in [-0.15, -0.1) is 0 Å². The van der Waals surface area contributed by atoms with Crippen molar-refractivity contribution in [2.45, 2.75) is 44.9 Å². The molecule has 0 saturated heterocycles. The van der Waals surface area contributed by atoms with Crippen molar-refractivity contribution in [2.24, 2.45) is 5.16 Å². The van der Waals surface area contributed by atoms with Gasteiger partial charge in [-0.25, -0.2) is 0 Å². The van der Waals surface area contributed by atoms with Crippen LogP contribution in [-0.2, 0) is 6.42 Å². The Labute approximate surface area is 120 Å². The zero-order valence-corrected chi connectivity index (χ0v) is 11.8. The molecule has 4 heteroatoms. The van der Waals surface area contributed by atoms with Gasteiger partial charge in [-0.2, -0.15) is 0 Å². The Morgan fingerprint density at radius 3 is 2.75 bits per heavy atom. The second kappa shape index (κ2) is 7.90. The number of fused-ring (bicyclic) bond motifs is 1. The minimum Gasteiger partial charge on any atom is -0.493 e. The van der Waals surface area contributed by atoms with Crippen LogP contribution in [0.2, 0.25) is 0 Å². The Morgan fingerprint density at radius 2 is 1.95 bits per heavy atom. The summed E-state index contributed by atoms with van der Waals surface area (Å²) in [4.78, 5) is 0. The lowest BCUT2D eigenvalue weighted by Crippen LogP contribution is -2.13. The van der Waals surface area contributed by atoms with E-state index in [1.165, 1.54) is 5.56 Å². The predicted molar refractivity (Wildman–Crippen MR) is 78.8 cm³/mol. The van der Waals surface area contributed by atoms with Gasteiger partial charge in [-0.1, -0.05) is 23.7 Å². The summed E-state index contributed by atoms with van der Waals surface area (Å²) in [7, 11) is 0. The van der Waals surface area contributed by atoms with Gasteiger partial charge in [-0.3, -0.25) is 0 Å². The molecule has 2 N–H and O–H groups in total. The number of hydrogen-bond donors (Lipinski definition) is 2. The number of rotatable bonds is 7. The monoisotopic (exact) mass is 277 g/mol. The van der Waals surface area contributed by atoms with Crippen LogP contribution in [0, 0.1) is 0 Å². The van der Waals surface area contributed by atoms with Crippen molar-refractivity contribution in [1.29, 1.82) is 0 Å². The fourth-order valence-corrected chi connectivity index (χ4v) is 2.65. The van der Waals surface area contributed by atoms with Crippen molar-refractivity contribution < 1.29 is 15.1 Å². The first-order valence-corrected chi connectivity index (χ1v) is 7.43. The Kier molecular flexibility index (Phi) is 5.87. The SMILES string of the molecule is OCCCCCCOc1cccc2c1CCC/C2=N\O. The summed E-state index contributed by atoms with van der Waals surface area (Å²) in [6, 6.07) is 5.95. The standard InChI is InChI=1S/C16H23NO3/c18-11-3-1-2-4-12-20-16-10-6-7-13-14(16)8-5-9-15(13)17-19/h6-7,10,18-19H,1-5,8-9,11-12H2/b17-15+. The van der Waals surface area contributed by atoms with Crippen LogP contribution < -0.4 is 4.74 Å². The second-order valence-electron chi connectivity index (χ2n) is 5.17. The Hall–Kier alpha value is -1.55. The largest absolute Gasteiger partial charge is 0.493 e. The second-order valence-corrected chi connectivity index (χ2v) is 5.17. The lowest BCUT2D eigenvalue weighted by atomic mass is 9.89. The van der Waals surface area contributed by atoms with Crippen LogP contribution in [0.5, 0.6) is 5.75 Å². The summed E-state index contributed by atoms with van der Waals surface area (Å²) >= 11 is 0. The molecule has 1 aliphatic carbocycles. The van der Waals surface area contributed by atoms with Gasteiger partial charge < -0.3 is 15.1 Å². The van der Waals surface area contributed by atoms with E-state index in [2.05, 4.69) is 5.16 Å². The summed E-state index contributed by atoms with van der Waals surface area (Å²) in [5.41, 5.74) is 2.96. The summed E-state index contributed by atoms with van der Waals surface area (Å²) in [5.74, 6) is 0.922. The molecule has 0 atom stereocenters. The highest BCUT2D eigenvalue weighted by Crippen LogP contribution is 2.30. The molecule has 0 aromatic heterocycles. The first kappa shape index (κ1) is 14.9. The highest BCUT2D eigenvalue weighted by molar-refractivity contribution is 6.02. The molecule has 0 aliphatic heterocycles. The lowest BCUT2D eigenvalue weighted by Gasteiger charge is -2.20. The molecule has 0 amide bonds. The Bertz CT molecular complexity index is 457. The molecule has 0 radical (unpaired) electrons. The zero-order chi connectivity index (χ0) is 14.2. The van der Waals surface area contributed by atoms with Gasteiger partial charge in [-0.05, 0) is 44.6 Å². The number of ether oxygens (including phenoxy) is 1. The molecule has 110 valence electrons. The van der Waals surface area contributed by atoms with Crippen LogP contribution in [0.3, 0.4) is 0 Å². The van der Waals surface area contributed by atoms with E-state index in [0.717, 1.165) is 62.0 Å². The van der Waals surface area contributed by atoms with Gasteiger partial charge in [0.2, 0.25) is 0 Å². The molecule has 1 aliphatic rings. The van der Waals surface area contributed by atoms with Crippen LogP contribution in [0.4, 0.5) is 0 Å². The van der Waals surface area contributed by atoms with Crippen molar-refractivity contribution in [3.8, 4) is 5.75 Å². The minimum absolute atomic E-state index is 0.274. The van der Waals surface area contributed by atoms with Crippen molar-refractivity contribution in [1.82, 2.24) is 0 Å². The quantitative estimate of drug-likeness (QED) is 0.457. The maximum Gasteiger partial charge on any atom is 0.123 e.